The lowest BCUT2D eigenvalue weighted by Gasteiger charge is -2.19. The molecule has 0 saturated carbocycles. The Hall–Kier alpha value is -2.90. The molecule has 27 heavy (non-hydrogen) atoms. The van der Waals surface area contributed by atoms with E-state index in [-0.39, 0.29) is 12.0 Å². The van der Waals surface area contributed by atoms with Gasteiger partial charge in [-0.05, 0) is 25.1 Å². The standard InChI is InChI=1S/C19H17F3N4O/c1-12-2-4-16-15(8-12)18(25-11-24-16)26-7-6-14(10-26)27-17-5-3-13(9-23-17)19(20,21)22/h2-5,8-9,11,14H,6-7,10H2,1H3. The number of hydrogen-bond donors (Lipinski definition) is 0. The molecule has 4 rings (SSSR count). The molecular weight excluding hydrogens is 357 g/mol. The molecule has 1 fully saturated rings. The van der Waals surface area contributed by atoms with Gasteiger partial charge in [-0.3, -0.25) is 0 Å². The van der Waals surface area contributed by atoms with Crippen LogP contribution in [0.3, 0.4) is 0 Å². The van der Waals surface area contributed by atoms with E-state index in [1.165, 1.54) is 6.07 Å². The Bertz CT molecular complexity index is 959. The number of pyridine rings is 1. The van der Waals surface area contributed by atoms with Crippen molar-refractivity contribution in [3.8, 4) is 5.88 Å². The van der Waals surface area contributed by atoms with Crippen molar-refractivity contribution in [1.82, 2.24) is 15.0 Å². The van der Waals surface area contributed by atoms with E-state index in [1.807, 2.05) is 19.1 Å². The number of aromatic nitrogens is 3. The third-order valence-corrected chi connectivity index (χ3v) is 4.57. The van der Waals surface area contributed by atoms with E-state index in [0.717, 1.165) is 47.5 Å². The molecule has 0 bridgehead atoms. The highest BCUT2D eigenvalue weighted by atomic mass is 19.4. The Labute approximate surface area is 153 Å². The van der Waals surface area contributed by atoms with Gasteiger partial charge in [-0.25, -0.2) is 15.0 Å². The number of nitrogens with zero attached hydrogens (tertiary/aromatic N) is 4. The van der Waals surface area contributed by atoms with E-state index >= 15 is 0 Å². The van der Waals surface area contributed by atoms with Crippen LogP contribution in [0.4, 0.5) is 19.0 Å². The van der Waals surface area contributed by atoms with Gasteiger partial charge in [0.25, 0.3) is 0 Å². The van der Waals surface area contributed by atoms with Gasteiger partial charge in [-0.15, -0.1) is 0 Å². The second kappa shape index (κ2) is 6.68. The number of aryl methyl sites for hydroxylation is 1. The summed E-state index contributed by atoms with van der Waals surface area (Å²) in [6.07, 6.45) is -1.49. The number of benzene rings is 1. The number of alkyl halides is 3. The summed E-state index contributed by atoms with van der Waals surface area (Å²) in [7, 11) is 0. The molecule has 0 amide bonds. The van der Waals surface area contributed by atoms with Crippen molar-refractivity contribution in [2.75, 3.05) is 18.0 Å². The number of ether oxygens (including phenoxy) is 1. The molecule has 1 unspecified atom stereocenters. The van der Waals surface area contributed by atoms with Crippen molar-refractivity contribution in [3.05, 3.63) is 54.0 Å². The summed E-state index contributed by atoms with van der Waals surface area (Å²) < 4.78 is 43.6. The minimum Gasteiger partial charge on any atom is -0.472 e. The van der Waals surface area contributed by atoms with Crippen LogP contribution < -0.4 is 9.64 Å². The highest BCUT2D eigenvalue weighted by Gasteiger charge is 2.31. The first-order valence-electron chi connectivity index (χ1n) is 8.56. The minimum atomic E-state index is -4.40. The largest absolute Gasteiger partial charge is 0.472 e. The summed E-state index contributed by atoms with van der Waals surface area (Å²) in [5.74, 6) is 1.04. The monoisotopic (exact) mass is 374 g/mol. The summed E-state index contributed by atoms with van der Waals surface area (Å²) in [5, 5.41) is 0.978. The summed E-state index contributed by atoms with van der Waals surface area (Å²) >= 11 is 0. The zero-order chi connectivity index (χ0) is 19.0. The maximum atomic E-state index is 12.6. The lowest BCUT2D eigenvalue weighted by molar-refractivity contribution is -0.137. The van der Waals surface area contributed by atoms with E-state index in [0.29, 0.717) is 6.54 Å². The Kier molecular flexibility index (Phi) is 4.33. The van der Waals surface area contributed by atoms with Crippen LogP contribution in [-0.2, 0) is 6.18 Å². The molecule has 0 N–H and O–H groups in total. The first kappa shape index (κ1) is 17.5. The third kappa shape index (κ3) is 3.65. The fourth-order valence-electron chi connectivity index (χ4n) is 3.21. The van der Waals surface area contributed by atoms with Crippen LogP contribution in [0.25, 0.3) is 10.9 Å². The van der Waals surface area contributed by atoms with Gasteiger partial charge < -0.3 is 9.64 Å². The van der Waals surface area contributed by atoms with Gasteiger partial charge >= 0.3 is 6.18 Å². The Morgan fingerprint density at radius 2 is 1.96 bits per heavy atom. The van der Waals surface area contributed by atoms with Crippen LogP contribution in [0.15, 0.2) is 42.9 Å². The van der Waals surface area contributed by atoms with Crippen molar-refractivity contribution < 1.29 is 17.9 Å². The molecule has 2 aromatic heterocycles. The van der Waals surface area contributed by atoms with Gasteiger partial charge in [-0.2, -0.15) is 13.2 Å². The summed E-state index contributed by atoms with van der Waals surface area (Å²) in [6, 6.07) is 8.26. The fourth-order valence-corrected chi connectivity index (χ4v) is 3.21. The molecule has 8 heteroatoms. The van der Waals surface area contributed by atoms with Crippen molar-refractivity contribution >= 4 is 16.7 Å². The molecule has 0 radical (unpaired) electrons. The number of rotatable bonds is 3. The van der Waals surface area contributed by atoms with Crippen LogP contribution in [0.1, 0.15) is 17.5 Å². The van der Waals surface area contributed by atoms with Gasteiger partial charge in [0, 0.05) is 30.6 Å². The zero-order valence-corrected chi connectivity index (χ0v) is 14.6. The smallest absolute Gasteiger partial charge is 0.417 e. The maximum Gasteiger partial charge on any atom is 0.417 e. The van der Waals surface area contributed by atoms with E-state index in [2.05, 4.69) is 25.9 Å². The average Bonchev–Trinajstić information content (AvgIpc) is 3.09. The maximum absolute atomic E-state index is 12.6. The van der Waals surface area contributed by atoms with Gasteiger partial charge in [0.15, 0.2) is 0 Å². The van der Waals surface area contributed by atoms with Crippen LogP contribution in [0.5, 0.6) is 5.88 Å². The number of anilines is 1. The molecule has 0 aliphatic carbocycles. The SMILES string of the molecule is Cc1ccc2ncnc(N3CCC(Oc4ccc(C(F)(F)F)cn4)C3)c2c1. The molecule has 1 aliphatic rings. The van der Waals surface area contributed by atoms with Crippen LogP contribution in [0.2, 0.25) is 0 Å². The van der Waals surface area contributed by atoms with Gasteiger partial charge in [0.2, 0.25) is 5.88 Å². The predicted octanol–water partition coefficient (Wildman–Crippen LogP) is 4.01. The molecule has 3 aromatic rings. The van der Waals surface area contributed by atoms with Gasteiger partial charge in [-0.1, -0.05) is 11.6 Å². The van der Waals surface area contributed by atoms with E-state index in [1.54, 1.807) is 6.33 Å². The van der Waals surface area contributed by atoms with Crippen LogP contribution >= 0.6 is 0 Å². The lowest BCUT2D eigenvalue weighted by Crippen LogP contribution is -2.25. The average molecular weight is 374 g/mol. The summed E-state index contributed by atoms with van der Waals surface area (Å²) in [6.45, 7) is 3.34. The first-order valence-corrected chi connectivity index (χ1v) is 8.56. The van der Waals surface area contributed by atoms with E-state index in [4.69, 9.17) is 4.74 Å². The van der Waals surface area contributed by atoms with Crippen LogP contribution in [-0.4, -0.2) is 34.1 Å². The molecule has 1 aliphatic heterocycles. The van der Waals surface area contributed by atoms with E-state index < -0.39 is 11.7 Å². The predicted molar refractivity (Wildman–Crippen MR) is 94.8 cm³/mol. The molecule has 0 spiro atoms. The molecule has 1 atom stereocenters. The van der Waals surface area contributed by atoms with Gasteiger partial charge in [0.05, 0.1) is 17.6 Å². The third-order valence-electron chi connectivity index (χ3n) is 4.57. The van der Waals surface area contributed by atoms with Crippen LogP contribution in [0, 0.1) is 6.92 Å². The Morgan fingerprint density at radius 1 is 1.11 bits per heavy atom. The second-order valence-corrected chi connectivity index (χ2v) is 6.58. The van der Waals surface area contributed by atoms with Gasteiger partial charge in [0.1, 0.15) is 18.2 Å². The molecule has 5 nitrogen and oxygen atoms in total. The number of hydrogen-bond acceptors (Lipinski definition) is 5. The quantitative estimate of drug-likeness (QED) is 0.693. The molecule has 3 heterocycles. The lowest BCUT2D eigenvalue weighted by atomic mass is 10.1. The Morgan fingerprint density at radius 3 is 2.70 bits per heavy atom. The molecule has 1 saturated heterocycles. The molecular formula is C19H17F3N4O. The van der Waals surface area contributed by atoms with E-state index in [9.17, 15) is 13.2 Å². The first-order chi connectivity index (χ1) is 12.9. The molecule has 140 valence electrons. The van der Waals surface area contributed by atoms with Crippen molar-refractivity contribution in [2.45, 2.75) is 25.6 Å². The summed E-state index contributed by atoms with van der Waals surface area (Å²) in [5.41, 5.74) is 1.21. The second-order valence-electron chi connectivity index (χ2n) is 6.58. The highest BCUT2D eigenvalue weighted by molar-refractivity contribution is 5.89. The summed E-state index contributed by atoms with van der Waals surface area (Å²) in [4.78, 5) is 14.6. The Balaban J connectivity index is 1.49. The van der Waals surface area contributed by atoms with Crippen molar-refractivity contribution in [2.24, 2.45) is 0 Å². The number of halogens is 3. The fraction of sp³-hybridized carbons (Fsp3) is 0.316. The van der Waals surface area contributed by atoms with Crippen molar-refractivity contribution in [3.63, 3.8) is 0 Å². The number of fused-ring (bicyclic) bond motifs is 1. The highest BCUT2D eigenvalue weighted by Crippen LogP contribution is 2.30. The minimum absolute atomic E-state index is 0.163. The zero-order valence-electron chi connectivity index (χ0n) is 14.6. The van der Waals surface area contributed by atoms with Crippen molar-refractivity contribution in [1.29, 1.82) is 0 Å². The topological polar surface area (TPSA) is 51.1 Å². The normalized spacial score (nSPS) is 17.5. The molecule has 1 aromatic carbocycles.